The number of hydrogen-bond acceptors (Lipinski definition) is 4. The predicted octanol–water partition coefficient (Wildman–Crippen LogP) is 2.47. The van der Waals surface area contributed by atoms with Gasteiger partial charge in [-0.1, -0.05) is 6.07 Å². The van der Waals surface area contributed by atoms with Gasteiger partial charge in [0.1, 0.15) is 0 Å². The first kappa shape index (κ1) is 15.3. The molecule has 0 radical (unpaired) electrons. The highest BCUT2D eigenvalue weighted by molar-refractivity contribution is 6.47. The Kier molecular flexibility index (Phi) is 3.84. The van der Waals surface area contributed by atoms with Gasteiger partial charge in [-0.05, 0) is 45.4 Å². The number of ether oxygens (including phenoxy) is 1. The van der Waals surface area contributed by atoms with Crippen LogP contribution < -0.4 is 10.5 Å². The molecule has 1 aromatic carbocycles. The molecule has 0 saturated carbocycles. The third-order valence-electron chi connectivity index (χ3n) is 4.13. The Morgan fingerprint density at radius 1 is 1.20 bits per heavy atom. The van der Waals surface area contributed by atoms with Crippen molar-refractivity contribution in [3.63, 3.8) is 0 Å². The summed E-state index contributed by atoms with van der Waals surface area (Å²) < 4.78 is 30.4. The van der Waals surface area contributed by atoms with Crippen LogP contribution >= 0.6 is 0 Å². The molecule has 1 saturated heterocycles. The molecule has 0 aromatic heterocycles. The minimum absolute atomic E-state index is 0.190. The van der Waals surface area contributed by atoms with Gasteiger partial charge in [0.05, 0.1) is 24.3 Å². The van der Waals surface area contributed by atoms with Crippen LogP contribution in [0.2, 0.25) is 0 Å². The Bertz CT molecular complexity index is 491. The molecule has 20 heavy (non-hydrogen) atoms. The molecule has 1 fully saturated rings. The van der Waals surface area contributed by atoms with Crippen LogP contribution in [0.5, 0.6) is 5.75 Å². The fourth-order valence-electron chi connectivity index (χ4n) is 2.08. The normalized spacial score (nSPS) is 21.9. The van der Waals surface area contributed by atoms with Crippen LogP contribution in [-0.4, -0.2) is 25.4 Å². The number of methoxy groups -OCH3 is 1. The molecule has 110 valence electrons. The predicted molar refractivity (Wildman–Crippen MR) is 76.0 cm³/mol. The minimum atomic E-state index is -0.604. The topological polar surface area (TPSA) is 53.7 Å². The standard InChI is InChI=1S/C14H21BFNO3/c1-13(2)14(3,4)20-15(19-13)12(17)9-6-7-11(18-5)10(16)8-9/h6-8,12H,17H2,1-5H3/t12-/m0/s1. The summed E-state index contributed by atoms with van der Waals surface area (Å²) in [6.45, 7) is 7.81. The van der Waals surface area contributed by atoms with Gasteiger partial charge in [0.25, 0.3) is 0 Å². The van der Waals surface area contributed by atoms with Gasteiger partial charge in [-0.2, -0.15) is 0 Å². The van der Waals surface area contributed by atoms with E-state index in [1.807, 2.05) is 27.7 Å². The summed E-state index contributed by atoms with van der Waals surface area (Å²) in [5.74, 6) is -0.816. The summed E-state index contributed by atoms with van der Waals surface area (Å²) in [5, 5.41) is 0. The Balaban J connectivity index is 2.21. The summed E-state index contributed by atoms with van der Waals surface area (Å²) in [6, 6.07) is 4.63. The fourth-order valence-corrected chi connectivity index (χ4v) is 2.08. The highest BCUT2D eigenvalue weighted by Crippen LogP contribution is 2.39. The van der Waals surface area contributed by atoms with E-state index in [9.17, 15) is 4.39 Å². The van der Waals surface area contributed by atoms with E-state index in [0.29, 0.717) is 5.56 Å². The van der Waals surface area contributed by atoms with E-state index in [2.05, 4.69) is 0 Å². The van der Waals surface area contributed by atoms with Crippen molar-refractivity contribution in [1.29, 1.82) is 0 Å². The second-order valence-electron chi connectivity index (χ2n) is 6.04. The molecule has 0 spiro atoms. The van der Waals surface area contributed by atoms with E-state index in [1.165, 1.54) is 13.2 Å². The van der Waals surface area contributed by atoms with E-state index in [1.54, 1.807) is 12.1 Å². The van der Waals surface area contributed by atoms with E-state index in [-0.39, 0.29) is 5.75 Å². The van der Waals surface area contributed by atoms with Crippen molar-refractivity contribution < 1.29 is 18.4 Å². The molecule has 6 heteroatoms. The Morgan fingerprint density at radius 3 is 2.20 bits per heavy atom. The van der Waals surface area contributed by atoms with Gasteiger partial charge in [-0.15, -0.1) is 0 Å². The van der Waals surface area contributed by atoms with Crippen molar-refractivity contribution in [3.8, 4) is 5.75 Å². The molecular weight excluding hydrogens is 260 g/mol. The number of benzene rings is 1. The SMILES string of the molecule is COc1ccc([C@H](N)B2OC(C)(C)C(C)(C)O2)cc1F. The zero-order chi connectivity index (χ0) is 15.1. The first-order valence-electron chi connectivity index (χ1n) is 6.62. The van der Waals surface area contributed by atoms with Crippen LogP contribution in [0.4, 0.5) is 4.39 Å². The van der Waals surface area contributed by atoms with Crippen molar-refractivity contribution in [2.75, 3.05) is 7.11 Å². The molecule has 1 aromatic rings. The Morgan fingerprint density at radius 2 is 1.75 bits per heavy atom. The molecule has 1 atom stereocenters. The number of nitrogens with two attached hydrogens (primary N) is 1. The molecule has 1 heterocycles. The van der Waals surface area contributed by atoms with Crippen LogP contribution in [0.1, 0.15) is 39.2 Å². The summed E-state index contributed by atoms with van der Waals surface area (Å²) in [7, 11) is 0.819. The Labute approximate surface area is 119 Å². The first-order valence-corrected chi connectivity index (χ1v) is 6.62. The maximum Gasteiger partial charge on any atom is 0.480 e. The average Bonchev–Trinajstić information content (AvgIpc) is 2.57. The highest BCUT2D eigenvalue weighted by Gasteiger charge is 2.53. The smallest absolute Gasteiger partial charge is 0.480 e. The summed E-state index contributed by atoms with van der Waals surface area (Å²) >= 11 is 0. The third-order valence-corrected chi connectivity index (χ3v) is 4.13. The van der Waals surface area contributed by atoms with Gasteiger partial charge < -0.3 is 19.8 Å². The quantitative estimate of drug-likeness (QED) is 0.865. The van der Waals surface area contributed by atoms with Crippen LogP contribution in [0.3, 0.4) is 0 Å². The average molecular weight is 281 g/mol. The molecule has 2 N–H and O–H groups in total. The van der Waals surface area contributed by atoms with Crippen molar-refractivity contribution in [1.82, 2.24) is 0 Å². The lowest BCUT2D eigenvalue weighted by molar-refractivity contribution is 0.00578. The van der Waals surface area contributed by atoms with Gasteiger partial charge >= 0.3 is 7.12 Å². The molecule has 1 aliphatic heterocycles. The van der Waals surface area contributed by atoms with Crippen LogP contribution in [0.25, 0.3) is 0 Å². The van der Waals surface area contributed by atoms with Gasteiger partial charge in [-0.3, -0.25) is 0 Å². The maximum absolute atomic E-state index is 13.7. The van der Waals surface area contributed by atoms with Crippen molar-refractivity contribution in [2.24, 2.45) is 5.73 Å². The molecule has 0 bridgehead atoms. The number of hydrogen-bond donors (Lipinski definition) is 1. The monoisotopic (exact) mass is 281 g/mol. The van der Waals surface area contributed by atoms with Crippen LogP contribution in [0.15, 0.2) is 18.2 Å². The summed E-state index contributed by atoms with van der Waals surface area (Å²) in [5.41, 5.74) is 5.84. The lowest BCUT2D eigenvalue weighted by Crippen LogP contribution is -2.41. The molecule has 2 rings (SSSR count). The summed E-state index contributed by atoms with van der Waals surface area (Å²) in [6.07, 6.45) is 0. The van der Waals surface area contributed by atoms with Crippen molar-refractivity contribution in [3.05, 3.63) is 29.6 Å². The Hall–Kier alpha value is -1.11. The van der Waals surface area contributed by atoms with E-state index in [4.69, 9.17) is 19.8 Å². The maximum atomic E-state index is 13.7. The molecule has 0 aliphatic carbocycles. The van der Waals surface area contributed by atoms with E-state index in [0.717, 1.165) is 0 Å². The van der Waals surface area contributed by atoms with Crippen LogP contribution in [0, 0.1) is 5.82 Å². The van der Waals surface area contributed by atoms with Crippen molar-refractivity contribution in [2.45, 2.75) is 44.8 Å². The van der Waals surface area contributed by atoms with E-state index < -0.39 is 30.1 Å². The lowest BCUT2D eigenvalue weighted by Gasteiger charge is -2.32. The lowest BCUT2D eigenvalue weighted by atomic mass is 9.75. The minimum Gasteiger partial charge on any atom is -0.494 e. The molecule has 0 amide bonds. The summed E-state index contributed by atoms with van der Waals surface area (Å²) in [4.78, 5) is 0. The van der Waals surface area contributed by atoms with Gasteiger partial charge in [0.15, 0.2) is 11.6 Å². The number of rotatable bonds is 3. The highest BCUT2D eigenvalue weighted by atomic mass is 19.1. The molecule has 4 nitrogen and oxygen atoms in total. The zero-order valence-corrected chi connectivity index (χ0v) is 12.6. The van der Waals surface area contributed by atoms with Crippen molar-refractivity contribution >= 4 is 7.12 Å². The molecule has 1 aliphatic rings. The molecular formula is C14H21BFNO3. The number of halogens is 1. The molecule has 0 unspecified atom stereocenters. The van der Waals surface area contributed by atoms with Gasteiger partial charge in [0, 0.05) is 0 Å². The fraction of sp³-hybridized carbons (Fsp3) is 0.571. The zero-order valence-electron chi connectivity index (χ0n) is 12.6. The second kappa shape index (κ2) is 5.02. The van der Waals surface area contributed by atoms with E-state index >= 15 is 0 Å². The second-order valence-corrected chi connectivity index (χ2v) is 6.04. The largest absolute Gasteiger partial charge is 0.494 e. The van der Waals surface area contributed by atoms with Crippen LogP contribution in [-0.2, 0) is 9.31 Å². The third kappa shape index (κ3) is 2.55. The first-order chi connectivity index (χ1) is 9.18. The van der Waals surface area contributed by atoms with Gasteiger partial charge in [0.2, 0.25) is 0 Å². The van der Waals surface area contributed by atoms with Gasteiger partial charge in [-0.25, -0.2) is 4.39 Å².